The zero-order chi connectivity index (χ0) is 29.7. The maximum absolute atomic E-state index is 14.0. The Morgan fingerprint density at radius 2 is 1.85 bits per heavy atom. The first kappa shape index (κ1) is 30.3. The van der Waals surface area contributed by atoms with Crippen LogP contribution in [0.25, 0.3) is 5.52 Å². The smallest absolute Gasteiger partial charge is 0.255 e. The molecule has 1 aromatic carbocycles. The first-order chi connectivity index (χ1) is 19.5. The summed E-state index contributed by atoms with van der Waals surface area (Å²) in [6, 6.07) is 13.2. The summed E-state index contributed by atoms with van der Waals surface area (Å²) in [7, 11) is 0. The Balaban J connectivity index is 1.57. The quantitative estimate of drug-likeness (QED) is 0.363. The number of halogens is 1. The maximum Gasteiger partial charge on any atom is 0.255 e. The lowest BCUT2D eigenvalue weighted by atomic mass is 9.85. The lowest BCUT2D eigenvalue weighted by molar-refractivity contribution is -0.141. The van der Waals surface area contributed by atoms with Gasteiger partial charge in [-0.25, -0.2) is 4.39 Å². The Morgan fingerprint density at radius 1 is 1.12 bits per heavy atom. The van der Waals surface area contributed by atoms with Crippen LogP contribution in [0.2, 0.25) is 0 Å². The van der Waals surface area contributed by atoms with Crippen molar-refractivity contribution < 1.29 is 18.8 Å². The highest BCUT2D eigenvalue weighted by Crippen LogP contribution is 2.27. The fraction of sp³-hybridized carbons (Fsp3) is 0.485. The van der Waals surface area contributed by atoms with E-state index in [4.69, 9.17) is 0 Å². The molecule has 1 fully saturated rings. The SMILES string of the molecule is CC[C@@H](C)C(=O)N[C@H](C(=O)N1CCC[C@H]1CN(CCc1ccc(F)cc1)C(=O)c1cc2ccccn2c1)C(C)(C)C. The van der Waals surface area contributed by atoms with Crippen LogP contribution in [-0.4, -0.2) is 63.6 Å². The second kappa shape index (κ2) is 12.9. The highest BCUT2D eigenvalue weighted by molar-refractivity contribution is 5.96. The Morgan fingerprint density at radius 3 is 2.51 bits per heavy atom. The van der Waals surface area contributed by atoms with E-state index in [1.165, 1.54) is 12.1 Å². The molecule has 0 saturated carbocycles. The van der Waals surface area contributed by atoms with Crippen molar-refractivity contribution in [3.8, 4) is 0 Å². The lowest BCUT2D eigenvalue weighted by Crippen LogP contribution is -2.57. The molecule has 4 rings (SSSR count). The zero-order valence-electron chi connectivity index (χ0n) is 24.9. The molecule has 0 spiro atoms. The number of pyridine rings is 1. The van der Waals surface area contributed by atoms with Crippen molar-refractivity contribution in [2.45, 2.75) is 72.4 Å². The molecule has 0 aliphatic carbocycles. The van der Waals surface area contributed by atoms with Gasteiger partial charge in [-0.15, -0.1) is 0 Å². The Hall–Kier alpha value is -3.68. The van der Waals surface area contributed by atoms with E-state index in [2.05, 4.69) is 5.32 Å². The molecule has 8 heteroatoms. The molecule has 0 bridgehead atoms. The van der Waals surface area contributed by atoms with Gasteiger partial charge in [0.2, 0.25) is 11.8 Å². The van der Waals surface area contributed by atoms with Gasteiger partial charge in [0, 0.05) is 49.5 Å². The molecule has 0 radical (unpaired) electrons. The van der Waals surface area contributed by atoms with E-state index >= 15 is 0 Å². The summed E-state index contributed by atoms with van der Waals surface area (Å²) in [5.74, 6) is -0.797. The second-order valence-electron chi connectivity index (χ2n) is 12.3. The van der Waals surface area contributed by atoms with Crippen molar-refractivity contribution in [2.75, 3.05) is 19.6 Å². The van der Waals surface area contributed by atoms with Crippen molar-refractivity contribution in [2.24, 2.45) is 11.3 Å². The molecule has 1 aliphatic rings. The highest BCUT2D eigenvalue weighted by atomic mass is 19.1. The maximum atomic E-state index is 14.0. The first-order valence-corrected chi connectivity index (χ1v) is 14.7. The van der Waals surface area contributed by atoms with Crippen LogP contribution in [0.15, 0.2) is 60.9 Å². The Kier molecular flexibility index (Phi) is 9.51. The molecule has 7 nitrogen and oxygen atoms in total. The van der Waals surface area contributed by atoms with Gasteiger partial charge in [0.1, 0.15) is 11.9 Å². The van der Waals surface area contributed by atoms with Crippen LogP contribution in [0, 0.1) is 17.2 Å². The average molecular weight is 563 g/mol. The third kappa shape index (κ3) is 7.34. The third-order valence-electron chi connectivity index (χ3n) is 8.17. The molecule has 1 aliphatic heterocycles. The first-order valence-electron chi connectivity index (χ1n) is 14.7. The van der Waals surface area contributed by atoms with Gasteiger partial charge in [-0.1, -0.05) is 52.8 Å². The summed E-state index contributed by atoms with van der Waals surface area (Å²) in [5, 5.41) is 3.03. The number of rotatable bonds is 10. The zero-order valence-corrected chi connectivity index (χ0v) is 24.9. The summed E-state index contributed by atoms with van der Waals surface area (Å²) in [6.07, 6.45) is 6.62. The minimum absolute atomic E-state index is 0.0998. The number of nitrogens with one attached hydrogen (secondary N) is 1. The van der Waals surface area contributed by atoms with Gasteiger partial charge in [-0.3, -0.25) is 14.4 Å². The third-order valence-corrected chi connectivity index (χ3v) is 8.17. The summed E-state index contributed by atoms with van der Waals surface area (Å²) in [6.45, 7) is 11.1. The molecule has 2 aromatic heterocycles. The Bertz CT molecular complexity index is 1330. The standard InChI is InChI=1S/C33H43FN4O3/c1-6-23(2)30(39)35-29(33(3,4)5)32(41)38-18-9-11-28(38)22-37(19-16-24-12-14-26(34)15-13-24)31(40)25-20-27-10-7-8-17-36(27)21-25/h7-8,10,12-15,17,20-21,23,28-29H,6,9,11,16,18-19,22H2,1-5H3,(H,35,39)/t23-,28+,29-/m1/s1. The highest BCUT2D eigenvalue weighted by Gasteiger charge is 2.40. The van der Waals surface area contributed by atoms with Gasteiger partial charge in [0.25, 0.3) is 5.91 Å². The summed E-state index contributed by atoms with van der Waals surface area (Å²) < 4.78 is 15.4. The van der Waals surface area contributed by atoms with E-state index in [9.17, 15) is 18.8 Å². The largest absolute Gasteiger partial charge is 0.344 e. The predicted octanol–water partition coefficient (Wildman–Crippen LogP) is 5.33. The van der Waals surface area contributed by atoms with Crippen LogP contribution >= 0.6 is 0 Å². The van der Waals surface area contributed by atoms with Gasteiger partial charge in [-0.05, 0) is 67.0 Å². The fourth-order valence-corrected chi connectivity index (χ4v) is 5.40. The van der Waals surface area contributed by atoms with Gasteiger partial charge in [0.05, 0.1) is 5.56 Å². The molecule has 220 valence electrons. The molecule has 1 saturated heterocycles. The van der Waals surface area contributed by atoms with E-state index in [0.29, 0.717) is 38.0 Å². The molecule has 41 heavy (non-hydrogen) atoms. The van der Waals surface area contributed by atoms with E-state index in [-0.39, 0.29) is 35.5 Å². The van der Waals surface area contributed by atoms with Crippen LogP contribution in [-0.2, 0) is 16.0 Å². The van der Waals surface area contributed by atoms with Crippen LogP contribution in [0.5, 0.6) is 0 Å². The van der Waals surface area contributed by atoms with Crippen molar-refractivity contribution in [3.05, 3.63) is 77.9 Å². The number of nitrogens with zero attached hydrogens (tertiary/aromatic N) is 3. The van der Waals surface area contributed by atoms with Crippen molar-refractivity contribution in [3.63, 3.8) is 0 Å². The van der Waals surface area contributed by atoms with E-state index in [1.54, 1.807) is 12.1 Å². The van der Waals surface area contributed by atoms with E-state index in [1.807, 2.05) is 85.5 Å². The van der Waals surface area contributed by atoms with Gasteiger partial charge in [0.15, 0.2) is 0 Å². The molecular weight excluding hydrogens is 519 g/mol. The summed E-state index contributed by atoms with van der Waals surface area (Å²) in [4.78, 5) is 44.4. The van der Waals surface area contributed by atoms with Crippen LogP contribution in [0.1, 0.15) is 69.8 Å². The molecule has 3 atom stereocenters. The van der Waals surface area contributed by atoms with Crippen LogP contribution in [0.3, 0.4) is 0 Å². The minimum atomic E-state index is -0.662. The number of benzene rings is 1. The number of likely N-dealkylation sites (tertiary alicyclic amines) is 1. The number of hydrogen-bond donors (Lipinski definition) is 1. The molecular formula is C33H43FN4O3. The second-order valence-corrected chi connectivity index (χ2v) is 12.3. The molecule has 1 N–H and O–H groups in total. The summed E-state index contributed by atoms with van der Waals surface area (Å²) >= 11 is 0. The number of carbonyl (C=O) groups excluding carboxylic acids is 3. The molecule has 0 unspecified atom stereocenters. The molecule has 3 aromatic rings. The van der Waals surface area contributed by atoms with Gasteiger partial charge < -0.3 is 19.5 Å². The number of aromatic nitrogens is 1. The van der Waals surface area contributed by atoms with Crippen LogP contribution < -0.4 is 5.32 Å². The number of amides is 3. The van der Waals surface area contributed by atoms with Gasteiger partial charge >= 0.3 is 0 Å². The van der Waals surface area contributed by atoms with Gasteiger partial charge in [-0.2, -0.15) is 0 Å². The lowest BCUT2D eigenvalue weighted by Gasteiger charge is -2.37. The molecule has 3 amide bonds. The Labute approximate surface area is 242 Å². The topological polar surface area (TPSA) is 74.1 Å². The number of hydrogen-bond acceptors (Lipinski definition) is 3. The van der Waals surface area contributed by atoms with Crippen LogP contribution in [0.4, 0.5) is 4.39 Å². The normalized spacial score (nSPS) is 16.9. The number of fused-ring (bicyclic) bond motifs is 1. The fourth-order valence-electron chi connectivity index (χ4n) is 5.40. The van der Waals surface area contributed by atoms with Crippen molar-refractivity contribution in [1.82, 2.24) is 19.5 Å². The summed E-state index contributed by atoms with van der Waals surface area (Å²) in [5.41, 5.74) is 1.97. The number of carbonyl (C=O) groups is 3. The molecule has 3 heterocycles. The predicted molar refractivity (Wildman–Crippen MR) is 159 cm³/mol. The van der Waals surface area contributed by atoms with Crippen molar-refractivity contribution >= 4 is 23.2 Å². The van der Waals surface area contributed by atoms with E-state index < -0.39 is 11.5 Å². The average Bonchev–Trinajstić information content (AvgIpc) is 3.60. The monoisotopic (exact) mass is 562 g/mol. The van der Waals surface area contributed by atoms with E-state index in [0.717, 1.165) is 23.9 Å². The van der Waals surface area contributed by atoms with Crippen molar-refractivity contribution in [1.29, 1.82) is 0 Å². The minimum Gasteiger partial charge on any atom is -0.344 e.